The fourth-order valence-corrected chi connectivity index (χ4v) is 3.36. The van der Waals surface area contributed by atoms with Gasteiger partial charge in [0.15, 0.2) is 5.82 Å². The van der Waals surface area contributed by atoms with Gasteiger partial charge >= 0.3 is 0 Å². The highest BCUT2D eigenvalue weighted by Crippen LogP contribution is 2.25. The van der Waals surface area contributed by atoms with Gasteiger partial charge in [0.05, 0.1) is 17.1 Å². The van der Waals surface area contributed by atoms with E-state index in [-0.39, 0.29) is 16.8 Å². The second-order valence-corrected chi connectivity index (χ2v) is 6.67. The fourth-order valence-electron chi connectivity index (χ4n) is 3.21. The fraction of sp³-hybridized carbons (Fsp3) is 0.294. The highest BCUT2D eigenvalue weighted by molar-refractivity contribution is 6.30. The third kappa shape index (κ3) is 2.96. The first kappa shape index (κ1) is 16.7. The maximum absolute atomic E-state index is 13.6. The van der Waals surface area contributed by atoms with Crippen LogP contribution in [0.15, 0.2) is 30.7 Å². The molecule has 4 rings (SSSR count). The number of imidazole rings is 1. The Morgan fingerprint density at radius 1 is 1.38 bits per heavy atom. The van der Waals surface area contributed by atoms with E-state index < -0.39 is 5.82 Å². The molecule has 0 aliphatic carbocycles. The number of carbonyl (C=O) groups is 1. The number of amides is 1. The van der Waals surface area contributed by atoms with Gasteiger partial charge in [0.2, 0.25) is 5.91 Å². The topological polar surface area (TPSA) is 89.4 Å². The third-order valence-electron chi connectivity index (χ3n) is 4.57. The van der Waals surface area contributed by atoms with Crippen LogP contribution in [0.1, 0.15) is 12.8 Å². The predicted octanol–water partition coefficient (Wildman–Crippen LogP) is 2.29. The summed E-state index contributed by atoms with van der Waals surface area (Å²) in [6.45, 7) is 1.33. The van der Waals surface area contributed by atoms with Crippen LogP contribution in [0.25, 0.3) is 17.2 Å². The van der Waals surface area contributed by atoms with Crippen molar-refractivity contribution in [1.29, 1.82) is 0 Å². The number of anilines is 1. The number of pyridine rings is 1. The van der Waals surface area contributed by atoms with Crippen LogP contribution in [0, 0.1) is 11.7 Å². The van der Waals surface area contributed by atoms with Gasteiger partial charge in [-0.2, -0.15) is 0 Å². The Morgan fingerprint density at radius 3 is 3.04 bits per heavy atom. The molecule has 9 heteroatoms. The van der Waals surface area contributed by atoms with Crippen molar-refractivity contribution in [1.82, 2.24) is 19.4 Å². The Kier molecular flexibility index (Phi) is 4.20. The van der Waals surface area contributed by atoms with Gasteiger partial charge in [0.25, 0.3) is 0 Å². The first-order valence-corrected chi connectivity index (χ1v) is 8.60. The van der Waals surface area contributed by atoms with Crippen molar-refractivity contribution >= 4 is 29.0 Å². The van der Waals surface area contributed by atoms with Crippen LogP contribution in [-0.2, 0) is 4.79 Å². The minimum absolute atomic E-state index is 0.00626. The maximum Gasteiger partial charge on any atom is 0.222 e. The summed E-state index contributed by atoms with van der Waals surface area (Å²) in [6.07, 6.45) is 6.34. The molecule has 4 heterocycles. The van der Waals surface area contributed by atoms with Crippen LogP contribution in [0.4, 0.5) is 10.2 Å². The monoisotopic (exact) mass is 374 g/mol. The molecule has 0 radical (unpaired) electrons. The van der Waals surface area contributed by atoms with Gasteiger partial charge < -0.3 is 10.6 Å². The van der Waals surface area contributed by atoms with Crippen molar-refractivity contribution in [2.24, 2.45) is 11.7 Å². The quantitative estimate of drug-likeness (QED) is 0.759. The molecule has 1 fully saturated rings. The van der Waals surface area contributed by atoms with Gasteiger partial charge in [-0.25, -0.2) is 19.3 Å². The zero-order valence-corrected chi connectivity index (χ0v) is 14.5. The van der Waals surface area contributed by atoms with Gasteiger partial charge in [0, 0.05) is 31.5 Å². The molecule has 1 amide bonds. The molecule has 7 nitrogen and oxygen atoms in total. The number of halogens is 2. The first-order valence-electron chi connectivity index (χ1n) is 8.22. The van der Waals surface area contributed by atoms with Crippen molar-refractivity contribution in [3.05, 3.63) is 41.6 Å². The Morgan fingerprint density at radius 2 is 2.23 bits per heavy atom. The molecule has 2 N–H and O–H groups in total. The number of fused-ring (bicyclic) bond motifs is 1. The van der Waals surface area contributed by atoms with Crippen LogP contribution >= 0.6 is 11.6 Å². The lowest BCUT2D eigenvalue weighted by Gasteiger charge is -2.32. The highest BCUT2D eigenvalue weighted by Gasteiger charge is 2.25. The number of hydrogen-bond acceptors (Lipinski definition) is 5. The Bertz CT molecular complexity index is 991. The highest BCUT2D eigenvalue weighted by atomic mass is 35.5. The van der Waals surface area contributed by atoms with E-state index >= 15 is 0 Å². The van der Waals surface area contributed by atoms with Gasteiger partial charge in [-0.3, -0.25) is 9.20 Å². The van der Waals surface area contributed by atoms with E-state index in [0.717, 1.165) is 19.4 Å². The number of carbonyl (C=O) groups excluding carboxylic acids is 1. The number of hydrogen-bond donors (Lipinski definition) is 1. The van der Waals surface area contributed by atoms with Crippen molar-refractivity contribution in [2.75, 3.05) is 18.0 Å². The van der Waals surface area contributed by atoms with Crippen molar-refractivity contribution < 1.29 is 9.18 Å². The molecule has 0 bridgehead atoms. The van der Waals surface area contributed by atoms with E-state index in [1.54, 1.807) is 22.9 Å². The molecule has 1 atom stereocenters. The molecular formula is C17H16ClFN6O. The molecular weight excluding hydrogens is 359 g/mol. The molecule has 134 valence electrons. The summed E-state index contributed by atoms with van der Waals surface area (Å²) >= 11 is 5.89. The Hall–Kier alpha value is -2.74. The summed E-state index contributed by atoms with van der Waals surface area (Å²) in [5, 5.41) is -0.00626. The van der Waals surface area contributed by atoms with Crippen molar-refractivity contribution in [3.63, 3.8) is 0 Å². The normalized spacial score (nSPS) is 17.6. The lowest BCUT2D eigenvalue weighted by atomic mass is 9.97. The summed E-state index contributed by atoms with van der Waals surface area (Å²) < 4.78 is 15.3. The molecule has 0 spiro atoms. The number of aromatic nitrogens is 4. The van der Waals surface area contributed by atoms with E-state index in [1.807, 2.05) is 4.90 Å². The average Bonchev–Trinajstić information content (AvgIpc) is 3.05. The molecule has 3 aromatic rings. The number of nitrogens with two attached hydrogens (primary N) is 1. The lowest BCUT2D eigenvalue weighted by molar-refractivity contribution is -0.122. The van der Waals surface area contributed by atoms with E-state index in [2.05, 4.69) is 15.0 Å². The lowest BCUT2D eigenvalue weighted by Crippen LogP contribution is -2.41. The number of rotatable bonds is 3. The second kappa shape index (κ2) is 6.53. The molecule has 1 aliphatic rings. The standard InChI is InChI=1S/C17H16ClFN6O/c18-11-9-25-13(7-22-15(25)6-12(11)19)17-21-4-3-14(23-17)24-5-1-2-10(8-24)16(20)26/h3-4,6-7,9-10H,1-2,5,8H2,(H2,20,26). The van der Waals surface area contributed by atoms with Gasteiger partial charge in [-0.05, 0) is 18.9 Å². The summed E-state index contributed by atoms with van der Waals surface area (Å²) in [7, 11) is 0. The average molecular weight is 375 g/mol. The molecule has 0 saturated carbocycles. The summed E-state index contributed by atoms with van der Waals surface area (Å²) in [4.78, 5) is 26.6. The molecule has 0 aromatic carbocycles. The smallest absolute Gasteiger partial charge is 0.222 e. The van der Waals surface area contributed by atoms with E-state index in [1.165, 1.54) is 12.3 Å². The molecule has 1 aliphatic heterocycles. The molecule has 26 heavy (non-hydrogen) atoms. The van der Waals surface area contributed by atoms with Crippen LogP contribution < -0.4 is 10.6 Å². The summed E-state index contributed by atoms with van der Waals surface area (Å²) in [6, 6.07) is 3.06. The number of primary amides is 1. The van der Waals surface area contributed by atoms with E-state index in [0.29, 0.717) is 29.5 Å². The predicted molar refractivity (Wildman–Crippen MR) is 95.3 cm³/mol. The first-order chi connectivity index (χ1) is 12.5. The van der Waals surface area contributed by atoms with Crippen LogP contribution in [0.3, 0.4) is 0 Å². The van der Waals surface area contributed by atoms with Crippen molar-refractivity contribution in [2.45, 2.75) is 12.8 Å². The van der Waals surface area contributed by atoms with Gasteiger partial charge in [0.1, 0.15) is 23.0 Å². The van der Waals surface area contributed by atoms with Crippen LogP contribution in [0.2, 0.25) is 5.02 Å². The van der Waals surface area contributed by atoms with E-state index in [4.69, 9.17) is 17.3 Å². The summed E-state index contributed by atoms with van der Waals surface area (Å²) in [5.74, 6) is 0.155. The van der Waals surface area contributed by atoms with Crippen molar-refractivity contribution in [3.8, 4) is 11.5 Å². The van der Waals surface area contributed by atoms with Crippen LogP contribution in [0.5, 0.6) is 0 Å². The number of piperidine rings is 1. The van der Waals surface area contributed by atoms with Crippen LogP contribution in [-0.4, -0.2) is 38.3 Å². The Labute approximate surface area is 153 Å². The minimum Gasteiger partial charge on any atom is -0.369 e. The molecule has 1 saturated heterocycles. The van der Waals surface area contributed by atoms with Gasteiger partial charge in [-0.15, -0.1) is 0 Å². The Balaban J connectivity index is 1.70. The molecule has 3 aromatic heterocycles. The number of nitrogens with zero attached hydrogens (tertiary/aromatic N) is 5. The second-order valence-electron chi connectivity index (χ2n) is 6.27. The minimum atomic E-state index is -0.531. The summed E-state index contributed by atoms with van der Waals surface area (Å²) in [5.41, 5.74) is 6.47. The maximum atomic E-state index is 13.6. The largest absolute Gasteiger partial charge is 0.369 e. The SMILES string of the molecule is NC(=O)C1CCCN(c2ccnc(-c3cnc4cc(F)c(Cl)cn34)n2)C1. The van der Waals surface area contributed by atoms with Gasteiger partial charge in [-0.1, -0.05) is 11.6 Å². The third-order valence-corrected chi connectivity index (χ3v) is 4.85. The zero-order valence-electron chi connectivity index (χ0n) is 13.8. The molecule has 1 unspecified atom stereocenters. The van der Waals surface area contributed by atoms with E-state index in [9.17, 15) is 9.18 Å². The zero-order chi connectivity index (χ0) is 18.3.